The molecule has 3 rings (SSSR count). The lowest BCUT2D eigenvalue weighted by Crippen LogP contribution is -2.20. The van der Waals surface area contributed by atoms with E-state index >= 15 is 0 Å². The highest BCUT2D eigenvalue weighted by Gasteiger charge is 2.29. The second-order valence-corrected chi connectivity index (χ2v) is 7.95. The Kier molecular flexibility index (Phi) is 6.94. The molecular formula is C20H20F3N3O4S. The van der Waals surface area contributed by atoms with Gasteiger partial charge in [-0.2, -0.15) is 13.2 Å². The number of carbonyl (C=O) groups excluding carboxylic acids is 1. The molecule has 31 heavy (non-hydrogen) atoms. The third kappa shape index (κ3) is 5.40. The molecule has 0 amide bonds. The van der Waals surface area contributed by atoms with E-state index in [-0.39, 0.29) is 29.0 Å². The highest BCUT2D eigenvalue weighted by Crippen LogP contribution is 2.26. The van der Waals surface area contributed by atoms with Crippen LogP contribution in [0.3, 0.4) is 0 Å². The summed E-state index contributed by atoms with van der Waals surface area (Å²) in [4.78, 5) is 21.0. The minimum Gasteiger partial charge on any atom is -0.484 e. The molecule has 0 fully saturated rings. The van der Waals surface area contributed by atoms with Crippen molar-refractivity contribution in [2.24, 2.45) is 0 Å². The minimum absolute atomic E-state index is 0.00446. The number of alkyl halides is 3. The molecule has 0 N–H and O–H groups in total. The SMILES string of the molecule is CCCOC(=O)n1c(S(=O)Cc2nccc(OCC(F)(F)F)c2C)nc2ccccc21. The zero-order valence-electron chi connectivity index (χ0n) is 16.8. The fourth-order valence-electron chi connectivity index (χ4n) is 2.80. The van der Waals surface area contributed by atoms with Crippen molar-refractivity contribution in [3.8, 4) is 5.75 Å². The lowest BCUT2D eigenvalue weighted by molar-refractivity contribution is -0.153. The monoisotopic (exact) mass is 455 g/mol. The second kappa shape index (κ2) is 9.46. The van der Waals surface area contributed by atoms with Crippen molar-refractivity contribution < 1.29 is 31.6 Å². The fraction of sp³-hybridized carbons (Fsp3) is 0.350. The predicted octanol–water partition coefficient (Wildman–Crippen LogP) is 4.38. The van der Waals surface area contributed by atoms with Gasteiger partial charge in [0.2, 0.25) is 5.16 Å². The van der Waals surface area contributed by atoms with Gasteiger partial charge >= 0.3 is 12.3 Å². The van der Waals surface area contributed by atoms with E-state index < -0.39 is 29.7 Å². The number of fused-ring (bicyclic) bond motifs is 1. The first-order valence-electron chi connectivity index (χ1n) is 9.38. The number of ether oxygens (including phenoxy) is 2. The maximum Gasteiger partial charge on any atom is 0.422 e. The summed E-state index contributed by atoms with van der Waals surface area (Å²) in [6, 6.07) is 8.09. The zero-order valence-corrected chi connectivity index (χ0v) is 17.6. The molecule has 2 aromatic heterocycles. The van der Waals surface area contributed by atoms with E-state index in [2.05, 4.69) is 9.97 Å². The van der Waals surface area contributed by atoms with Gasteiger partial charge < -0.3 is 9.47 Å². The van der Waals surface area contributed by atoms with Crippen LogP contribution in [-0.2, 0) is 21.3 Å². The number of carbonyl (C=O) groups is 1. The molecule has 11 heteroatoms. The molecule has 0 radical (unpaired) electrons. The molecule has 0 aliphatic heterocycles. The quantitative estimate of drug-likeness (QED) is 0.526. The molecule has 0 aliphatic carbocycles. The number of pyridine rings is 1. The van der Waals surface area contributed by atoms with Crippen LogP contribution in [0.1, 0.15) is 24.6 Å². The summed E-state index contributed by atoms with van der Waals surface area (Å²) >= 11 is 0. The molecule has 0 saturated carbocycles. The van der Waals surface area contributed by atoms with Gasteiger partial charge in [0.1, 0.15) is 5.75 Å². The Morgan fingerprint density at radius 2 is 1.97 bits per heavy atom. The van der Waals surface area contributed by atoms with Gasteiger partial charge in [0, 0.05) is 11.8 Å². The Bertz CT molecular complexity index is 1110. The zero-order chi connectivity index (χ0) is 22.6. The standard InChI is InChI=1S/C20H20F3N3O4S/c1-3-10-29-19(27)26-16-7-5-4-6-14(16)25-18(26)31(28)11-15-13(2)17(8-9-24-15)30-12-20(21,22)23/h4-9H,3,10-12H2,1-2H3. The van der Waals surface area contributed by atoms with Gasteiger partial charge in [-0.05, 0) is 31.5 Å². The van der Waals surface area contributed by atoms with Crippen molar-refractivity contribution in [1.29, 1.82) is 0 Å². The predicted molar refractivity (Wildman–Crippen MR) is 107 cm³/mol. The van der Waals surface area contributed by atoms with Gasteiger partial charge in [-0.15, -0.1) is 0 Å². The Labute approximate surface area is 178 Å². The largest absolute Gasteiger partial charge is 0.484 e. The molecule has 166 valence electrons. The number of rotatable bonds is 7. The summed E-state index contributed by atoms with van der Waals surface area (Å²) in [5.41, 5.74) is 1.51. The highest BCUT2D eigenvalue weighted by molar-refractivity contribution is 7.84. The van der Waals surface area contributed by atoms with Gasteiger partial charge in [0.05, 0.1) is 39.9 Å². The van der Waals surface area contributed by atoms with Gasteiger partial charge in [-0.3, -0.25) is 9.19 Å². The van der Waals surface area contributed by atoms with Crippen LogP contribution >= 0.6 is 0 Å². The maximum atomic E-state index is 13.1. The van der Waals surface area contributed by atoms with E-state index in [4.69, 9.17) is 9.47 Å². The van der Waals surface area contributed by atoms with Crippen molar-refractivity contribution >= 4 is 27.9 Å². The Morgan fingerprint density at radius 3 is 2.68 bits per heavy atom. The van der Waals surface area contributed by atoms with E-state index in [1.54, 1.807) is 24.3 Å². The topological polar surface area (TPSA) is 83.3 Å². The molecule has 0 saturated heterocycles. The minimum atomic E-state index is -4.48. The van der Waals surface area contributed by atoms with Gasteiger partial charge in [0.15, 0.2) is 6.61 Å². The number of imidazole rings is 1. The van der Waals surface area contributed by atoms with E-state index in [0.717, 1.165) is 4.57 Å². The highest BCUT2D eigenvalue weighted by atomic mass is 32.2. The third-order valence-corrected chi connectivity index (χ3v) is 5.48. The molecule has 1 atom stereocenters. The Balaban J connectivity index is 1.91. The average Bonchev–Trinajstić information content (AvgIpc) is 3.12. The molecule has 2 heterocycles. The van der Waals surface area contributed by atoms with Gasteiger partial charge in [0.25, 0.3) is 0 Å². The van der Waals surface area contributed by atoms with Crippen molar-refractivity contribution in [3.05, 3.63) is 47.8 Å². The van der Waals surface area contributed by atoms with Crippen LogP contribution in [0.15, 0.2) is 41.7 Å². The Hall–Kier alpha value is -2.95. The van der Waals surface area contributed by atoms with Gasteiger partial charge in [-0.25, -0.2) is 14.3 Å². The van der Waals surface area contributed by atoms with Crippen LogP contribution in [0.5, 0.6) is 5.75 Å². The number of benzene rings is 1. The summed E-state index contributed by atoms with van der Waals surface area (Å²) in [6.07, 6.45) is -3.29. The molecule has 7 nitrogen and oxygen atoms in total. The van der Waals surface area contributed by atoms with Crippen LogP contribution in [-0.4, -0.2) is 44.2 Å². The number of nitrogens with zero attached hydrogens (tertiary/aromatic N) is 3. The Morgan fingerprint density at radius 1 is 1.23 bits per heavy atom. The van der Waals surface area contributed by atoms with Crippen molar-refractivity contribution in [1.82, 2.24) is 14.5 Å². The molecule has 0 spiro atoms. The third-order valence-electron chi connectivity index (χ3n) is 4.26. The number of halogens is 3. The summed E-state index contributed by atoms with van der Waals surface area (Å²) in [5.74, 6) is -0.172. The first kappa shape index (κ1) is 22.7. The van der Waals surface area contributed by atoms with Crippen LogP contribution in [0.25, 0.3) is 11.0 Å². The number of hydrogen-bond donors (Lipinski definition) is 0. The molecule has 1 aromatic carbocycles. The first-order valence-corrected chi connectivity index (χ1v) is 10.7. The smallest absolute Gasteiger partial charge is 0.422 e. The van der Waals surface area contributed by atoms with Crippen LogP contribution < -0.4 is 4.74 Å². The van der Waals surface area contributed by atoms with E-state index in [1.807, 2.05) is 6.92 Å². The normalized spacial score (nSPS) is 12.7. The van der Waals surface area contributed by atoms with Crippen molar-refractivity contribution in [3.63, 3.8) is 0 Å². The summed E-state index contributed by atoms with van der Waals surface area (Å²) in [7, 11) is -1.83. The van der Waals surface area contributed by atoms with Crippen LogP contribution in [0.2, 0.25) is 0 Å². The maximum absolute atomic E-state index is 13.1. The van der Waals surface area contributed by atoms with E-state index in [0.29, 0.717) is 23.0 Å². The molecule has 3 aromatic rings. The fourth-order valence-corrected chi connectivity index (χ4v) is 4.04. The van der Waals surface area contributed by atoms with Crippen molar-refractivity contribution in [2.45, 2.75) is 37.4 Å². The lowest BCUT2D eigenvalue weighted by Gasteiger charge is -2.13. The van der Waals surface area contributed by atoms with Crippen molar-refractivity contribution in [2.75, 3.05) is 13.2 Å². The molecular weight excluding hydrogens is 435 g/mol. The first-order chi connectivity index (χ1) is 14.7. The number of para-hydroxylation sites is 2. The molecule has 1 unspecified atom stereocenters. The average molecular weight is 455 g/mol. The second-order valence-electron chi connectivity index (χ2n) is 6.61. The molecule has 0 aliphatic rings. The number of hydrogen-bond acceptors (Lipinski definition) is 6. The summed E-state index contributed by atoms with van der Waals surface area (Å²) in [6.45, 7) is 2.13. The number of aromatic nitrogens is 3. The van der Waals surface area contributed by atoms with Crippen LogP contribution in [0, 0.1) is 6.92 Å². The van der Waals surface area contributed by atoms with E-state index in [1.165, 1.54) is 19.2 Å². The summed E-state index contributed by atoms with van der Waals surface area (Å²) < 4.78 is 61.7. The molecule has 0 bridgehead atoms. The summed E-state index contributed by atoms with van der Waals surface area (Å²) in [5, 5.41) is -0.0230. The lowest BCUT2D eigenvalue weighted by atomic mass is 10.2. The van der Waals surface area contributed by atoms with Gasteiger partial charge in [-0.1, -0.05) is 19.1 Å². The van der Waals surface area contributed by atoms with E-state index in [9.17, 15) is 22.2 Å². The van der Waals surface area contributed by atoms with Crippen LogP contribution in [0.4, 0.5) is 18.0 Å².